The monoisotopic (exact) mass is 468 g/mol. The second-order valence-corrected chi connectivity index (χ2v) is 8.73. The van der Waals surface area contributed by atoms with Crippen LogP contribution in [0.3, 0.4) is 0 Å². The minimum absolute atomic E-state index is 0.314. The van der Waals surface area contributed by atoms with Gasteiger partial charge in [0.05, 0.1) is 10.6 Å². The summed E-state index contributed by atoms with van der Waals surface area (Å²) in [4.78, 5) is 17.5. The van der Waals surface area contributed by atoms with Crippen molar-refractivity contribution in [1.82, 2.24) is 4.98 Å². The van der Waals surface area contributed by atoms with Crippen LogP contribution in [-0.2, 0) is 11.2 Å². The predicted molar refractivity (Wildman–Crippen MR) is 129 cm³/mol. The number of oxazole rings is 1. The molecule has 3 aromatic carbocycles. The number of benzene rings is 3. The van der Waals surface area contributed by atoms with Crippen molar-refractivity contribution < 1.29 is 13.9 Å². The van der Waals surface area contributed by atoms with E-state index in [0.29, 0.717) is 38.5 Å². The van der Waals surface area contributed by atoms with E-state index >= 15 is 0 Å². The van der Waals surface area contributed by atoms with Gasteiger partial charge < -0.3 is 14.5 Å². The number of ether oxygens (including phenoxy) is 1. The highest BCUT2D eigenvalue weighted by Crippen LogP contribution is 2.33. The first-order chi connectivity index (χ1) is 15.2. The molecule has 1 aromatic heterocycles. The van der Waals surface area contributed by atoms with E-state index in [2.05, 4.69) is 17.2 Å². The molecule has 1 amide bonds. The molecule has 0 spiro atoms. The maximum Gasteiger partial charge on any atom is 0.267 e. The fraction of sp³-hybridized carbons (Fsp3) is 0.200. The molecule has 4 aromatic rings. The lowest BCUT2D eigenvalue weighted by molar-refractivity contribution is -0.128. The van der Waals surface area contributed by atoms with Gasteiger partial charge in [-0.1, -0.05) is 36.2 Å². The molecule has 0 fully saturated rings. The quantitative estimate of drug-likeness (QED) is 0.325. The summed E-state index contributed by atoms with van der Waals surface area (Å²) in [6, 6.07) is 17.9. The van der Waals surface area contributed by atoms with Crippen LogP contribution in [0.5, 0.6) is 5.75 Å². The van der Waals surface area contributed by atoms with E-state index in [1.807, 2.05) is 18.2 Å². The summed E-state index contributed by atoms with van der Waals surface area (Å²) < 4.78 is 11.8. The first kappa shape index (κ1) is 22.2. The van der Waals surface area contributed by atoms with Crippen molar-refractivity contribution in [3.63, 3.8) is 0 Å². The molecule has 0 radical (unpaired) electrons. The number of amides is 1. The van der Waals surface area contributed by atoms with Crippen LogP contribution in [0.25, 0.3) is 22.6 Å². The average Bonchev–Trinajstić information content (AvgIpc) is 3.19. The average molecular weight is 469 g/mol. The Morgan fingerprint density at radius 3 is 2.53 bits per heavy atom. The molecule has 0 aliphatic heterocycles. The van der Waals surface area contributed by atoms with Gasteiger partial charge in [0.2, 0.25) is 5.89 Å². The first-order valence-corrected chi connectivity index (χ1v) is 11.0. The number of hydrogen-bond donors (Lipinski definition) is 1. The Kier molecular flexibility index (Phi) is 6.13. The minimum Gasteiger partial charge on any atom is -0.478 e. The van der Waals surface area contributed by atoms with Crippen LogP contribution in [0.2, 0.25) is 10.0 Å². The van der Waals surface area contributed by atoms with Crippen LogP contribution in [-0.4, -0.2) is 16.5 Å². The molecule has 0 atom stereocenters. The van der Waals surface area contributed by atoms with Crippen molar-refractivity contribution in [2.45, 2.75) is 32.8 Å². The highest BCUT2D eigenvalue weighted by atomic mass is 35.5. The molecule has 164 valence electrons. The van der Waals surface area contributed by atoms with Crippen LogP contribution >= 0.6 is 23.2 Å². The Bertz CT molecular complexity index is 1280. The van der Waals surface area contributed by atoms with Crippen molar-refractivity contribution >= 4 is 45.9 Å². The van der Waals surface area contributed by atoms with Gasteiger partial charge in [0.1, 0.15) is 11.3 Å². The molecule has 0 aliphatic rings. The van der Waals surface area contributed by atoms with Crippen molar-refractivity contribution in [1.29, 1.82) is 0 Å². The van der Waals surface area contributed by atoms with E-state index in [1.54, 1.807) is 56.3 Å². The molecule has 5 nitrogen and oxygen atoms in total. The molecular formula is C25H22Cl2N2O3. The summed E-state index contributed by atoms with van der Waals surface area (Å²) in [6.07, 6.45) is 0.911. The van der Waals surface area contributed by atoms with Crippen LogP contribution in [0, 0.1) is 0 Å². The summed E-state index contributed by atoms with van der Waals surface area (Å²) in [6.45, 7) is 5.48. The Hall–Kier alpha value is -3.02. The second-order valence-electron chi connectivity index (χ2n) is 7.89. The van der Waals surface area contributed by atoms with Crippen molar-refractivity contribution in [3.05, 3.63) is 76.3 Å². The third-order valence-corrected chi connectivity index (χ3v) is 5.63. The summed E-state index contributed by atoms with van der Waals surface area (Å²) in [5.74, 6) is 0.626. The smallest absolute Gasteiger partial charge is 0.267 e. The normalized spacial score (nSPS) is 11.5. The number of aryl methyl sites for hydroxylation is 1. The van der Waals surface area contributed by atoms with Gasteiger partial charge in [0.15, 0.2) is 11.2 Å². The molecule has 4 rings (SSSR count). The number of carbonyl (C=O) groups excluding carboxylic acids is 1. The number of nitrogens with one attached hydrogen (secondary N) is 1. The van der Waals surface area contributed by atoms with Gasteiger partial charge in [-0.2, -0.15) is 0 Å². The lowest BCUT2D eigenvalue weighted by Gasteiger charge is -2.25. The maximum atomic E-state index is 12.9. The Morgan fingerprint density at radius 2 is 1.81 bits per heavy atom. The zero-order valence-corrected chi connectivity index (χ0v) is 19.4. The standard InChI is InChI=1S/C25H22Cl2N2O3/c1-4-15-5-12-22-21(13-15)29-23(31-22)19-14-17(8-11-20(19)27)28-24(30)25(2,3)32-18-9-6-16(26)7-10-18/h5-14H,4H2,1-3H3,(H,28,30). The van der Waals surface area contributed by atoms with E-state index in [-0.39, 0.29) is 5.91 Å². The molecule has 0 bridgehead atoms. The zero-order chi connectivity index (χ0) is 22.9. The van der Waals surface area contributed by atoms with E-state index < -0.39 is 5.60 Å². The molecular weight excluding hydrogens is 447 g/mol. The summed E-state index contributed by atoms with van der Waals surface area (Å²) in [5, 5.41) is 3.95. The largest absolute Gasteiger partial charge is 0.478 e. The number of carbonyl (C=O) groups is 1. The summed E-state index contributed by atoms with van der Waals surface area (Å²) in [5.41, 5.74) is 2.64. The van der Waals surface area contributed by atoms with E-state index in [9.17, 15) is 4.79 Å². The predicted octanol–water partition coefficient (Wildman–Crippen LogP) is 7.16. The first-order valence-electron chi connectivity index (χ1n) is 10.2. The number of anilines is 1. The third-order valence-electron chi connectivity index (χ3n) is 5.05. The Labute approximate surface area is 196 Å². The number of halogens is 2. The SMILES string of the molecule is CCc1ccc2oc(-c3cc(NC(=O)C(C)(C)Oc4ccc(Cl)cc4)ccc3Cl)nc2c1. The number of aromatic nitrogens is 1. The van der Waals surface area contributed by atoms with Crippen molar-refractivity contribution in [2.24, 2.45) is 0 Å². The number of fused-ring (bicyclic) bond motifs is 1. The van der Waals surface area contributed by atoms with Gasteiger partial charge in [0, 0.05) is 10.7 Å². The van der Waals surface area contributed by atoms with Gasteiger partial charge in [-0.05, 0) is 80.4 Å². The van der Waals surface area contributed by atoms with E-state index in [0.717, 1.165) is 11.9 Å². The highest BCUT2D eigenvalue weighted by molar-refractivity contribution is 6.33. The number of hydrogen-bond acceptors (Lipinski definition) is 4. The second kappa shape index (κ2) is 8.85. The fourth-order valence-corrected chi connectivity index (χ4v) is 3.52. The molecule has 7 heteroatoms. The lowest BCUT2D eigenvalue weighted by atomic mass is 10.1. The van der Waals surface area contributed by atoms with Gasteiger partial charge in [0.25, 0.3) is 5.91 Å². The number of rotatable bonds is 6. The molecule has 0 saturated carbocycles. The molecule has 0 unspecified atom stereocenters. The fourth-order valence-electron chi connectivity index (χ4n) is 3.20. The van der Waals surface area contributed by atoms with Crippen molar-refractivity contribution in [2.75, 3.05) is 5.32 Å². The molecule has 0 aliphatic carbocycles. The summed E-state index contributed by atoms with van der Waals surface area (Å²) in [7, 11) is 0. The summed E-state index contributed by atoms with van der Waals surface area (Å²) >= 11 is 12.3. The van der Waals surface area contributed by atoms with Crippen LogP contribution < -0.4 is 10.1 Å². The zero-order valence-electron chi connectivity index (χ0n) is 17.9. The van der Waals surface area contributed by atoms with Gasteiger partial charge >= 0.3 is 0 Å². The van der Waals surface area contributed by atoms with Gasteiger partial charge in [-0.15, -0.1) is 0 Å². The molecule has 1 heterocycles. The van der Waals surface area contributed by atoms with Crippen molar-refractivity contribution in [3.8, 4) is 17.2 Å². The lowest BCUT2D eigenvalue weighted by Crippen LogP contribution is -2.42. The van der Waals surface area contributed by atoms with Crippen LogP contribution in [0.1, 0.15) is 26.3 Å². The molecule has 32 heavy (non-hydrogen) atoms. The van der Waals surface area contributed by atoms with Crippen LogP contribution in [0.15, 0.2) is 65.1 Å². The van der Waals surface area contributed by atoms with E-state index in [1.165, 1.54) is 5.56 Å². The third kappa shape index (κ3) is 4.74. The number of nitrogens with zero attached hydrogens (tertiary/aromatic N) is 1. The van der Waals surface area contributed by atoms with Gasteiger partial charge in [-0.25, -0.2) is 4.98 Å². The topological polar surface area (TPSA) is 64.4 Å². The Balaban J connectivity index is 1.57. The van der Waals surface area contributed by atoms with Gasteiger partial charge in [-0.3, -0.25) is 4.79 Å². The maximum absolute atomic E-state index is 12.9. The van der Waals surface area contributed by atoms with Crippen LogP contribution in [0.4, 0.5) is 5.69 Å². The highest BCUT2D eigenvalue weighted by Gasteiger charge is 2.30. The van der Waals surface area contributed by atoms with E-state index in [4.69, 9.17) is 32.4 Å². The molecule has 0 saturated heterocycles. The Morgan fingerprint density at radius 1 is 1.06 bits per heavy atom. The minimum atomic E-state index is -1.12. The molecule has 1 N–H and O–H groups in total.